The Labute approximate surface area is 288 Å². The third-order valence-corrected chi connectivity index (χ3v) is 9.49. The second kappa shape index (κ2) is 40.1. The van der Waals surface area contributed by atoms with Gasteiger partial charge in [0.2, 0.25) is 11.8 Å². The average molecular weight is 650 g/mol. The second-order valence-corrected chi connectivity index (χ2v) is 14.2. The van der Waals surface area contributed by atoms with Crippen LogP contribution in [0.25, 0.3) is 0 Å². The molecule has 0 aliphatic rings. The number of nitrogens with one attached hydrogen (secondary N) is 3. The van der Waals surface area contributed by atoms with Crippen molar-refractivity contribution in [1.29, 1.82) is 0 Å². The van der Waals surface area contributed by atoms with E-state index >= 15 is 0 Å². The van der Waals surface area contributed by atoms with Crippen LogP contribution in [-0.2, 0) is 9.59 Å². The summed E-state index contributed by atoms with van der Waals surface area (Å²) in [5.41, 5.74) is 0. The fourth-order valence-corrected chi connectivity index (χ4v) is 6.35. The molecule has 1 radical (unpaired) electrons. The fourth-order valence-electron chi connectivity index (χ4n) is 6.35. The van der Waals surface area contributed by atoms with Crippen molar-refractivity contribution in [3.05, 3.63) is 0 Å². The van der Waals surface area contributed by atoms with Crippen LogP contribution in [0.1, 0.15) is 226 Å². The zero-order valence-corrected chi connectivity index (χ0v) is 31.5. The van der Waals surface area contributed by atoms with Crippen LogP contribution in [0.4, 0.5) is 0 Å². The van der Waals surface area contributed by atoms with Crippen LogP contribution in [0.5, 0.6) is 0 Å². The Morgan fingerprint density at radius 3 is 0.957 bits per heavy atom. The summed E-state index contributed by atoms with van der Waals surface area (Å²) in [5, 5.41) is 9.46. The van der Waals surface area contributed by atoms with Gasteiger partial charge in [-0.25, -0.2) is 0 Å². The van der Waals surface area contributed by atoms with Crippen molar-refractivity contribution in [2.45, 2.75) is 226 Å². The largest absolute Gasteiger partial charge is 0.356 e. The maximum Gasteiger partial charge on any atom is 0.220 e. The summed E-state index contributed by atoms with van der Waals surface area (Å²) in [6.07, 6.45) is 42.7. The van der Waals surface area contributed by atoms with Gasteiger partial charge in [-0.15, -0.1) is 0 Å². The summed E-state index contributed by atoms with van der Waals surface area (Å²) < 4.78 is 0. The SMILES string of the molecule is CCCCCCCCCCCCCCCCCC(=O)NCCC[NH+]CCNC(=O)CCCCCCCCCCCCCCCCC. The van der Waals surface area contributed by atoms with E-state index in [1.807, 2.05) is 0 Å². The molecule has 2 amide bonds. The minimum atomic E-state index is 0.183. The molecule has 0 aliphatic carbocycles. The van der Waals surface area contributed by atoms with Crippen LogP contribution in [0, 0.1) is 0 Å². The van der Waals surface area contributed by atoms with Gasteiger partial charge in [-0.05, 0) is 12.8 Å². The predicted octanol–water partition coefficient (Wildman–Crippen LogP) is 10.5. The van der Waals surface area contributed by atoms with Crippen LogP contribution in [0.3, 0.4) is 0 Å². The molecule has 0 heterocycles. The van der Waals surface area contributed by atoms with E-state index in [9.17, 15) is 9.59 Å². The average Bonchev–Trinajstić information content (AvgIpc) is 3.05. The molecule has 0 saturated carbocycles. The van der Waals surface area contributed by atoms with E-state index in [-0.39, 0.29) is 11.8 Å². The zero-order chi connectivity index (χ0) is 33.4. The van der Waals surface area contributed by atoms with Gasteiger partial charge in [0.25, 0.3) is 0 Å². The summed E-state index contributed by atoms with van der Waals surface area (Å²) in [7, 11) is 0. The van der Waals surface area contributed by atoms with E-state index in [1.54, 1.807) is 0 Å². The first-order chi connectivity index (χ1) is 22.7. The molecule has 0 bridgehead atoms. The highest BCUT2D eigenvalue weighted by Gasteiger charge is 2.04. The smallest absolute Gasteiger partial charge is 0.220 e. The summed E-state index contributed by atoms with van der Waals surface area (Å²) in [6, 6.07) is 0. The molecule has 0 spiro atoms. The van der Waals surface area contributed by atoms with Gasteiger partial charge in [-0.1, -0.05) is 194 Å². The van der Waals surface area contributed by atoms with Crippen LogP contribution >= 0.6 is 0 Å². The molecule has 0 atom stereocenters. The molecule has 0 unspecified atom stereocenters. The number of hydrogen-bond donors (Lipinski definition) is 3. The molecule has 0 aliphatic heterocycles. The van der Waals surface area contributed by atoms with Gasteiger partial charge < -0.3 is 10.6 Å². The van der Waals surface area contributed by atoms with Gasteiger partial charge >= 0.3 is 0 Å². The predicted molar refractivity (Wildman–Crippen MR) is 200 cm³/mol. The molecular formula is C41H83N3O2+. The molecule has 0 saturated heterocycles. The van der Waals surface area contributed by atoms with Crippen molar-refractivity contribution in [1.82, 2.24) is 10.6 Å². The van der Waals surface area contributed by atoms with Crippen LogP contribution < -0.4 is 16.0 Å². The lowest BCUT2D eigenvalue weighted by Crippen LogP contribution is -2.86. The minimum Gasteiger partial charge on any atom is -0.356 e. The molecule has 0 aromatic rings. The summed E-state index contributed by atoms with van der Waals surface area (Å²) in [5.74, 6) is 0.378. The number of hydrogen-bond acceptors (Lipinski definition) is 3. The van der Waals surface area contributed by atoms with Gasteiger partial charge in [-0.2, -0.15) is 5.32 Å². The van der Waals surface area contributed by atoms with Crippen LogP contribution in [0.2, 0.25) is 0 Å². The number of amides is 2. The standard InChI is InChI=1S/C41H83N3O2/c1-3-5-7-9-11-13-15-17-19-21-23-25-27-29-31-34-40(45)43-37-33-36-42-38-39-44-41(46)35-32-30-28-26-24-22-20-18-16-14-12-10-8-6-4-2/h42H,3-39H2,1-2H3,(H,43,45)(H,44,46)/q+1. The molecule has 0 fully saturated rings. The minimum absolute atomic E-state index is 0.183. The Kier molecular flexibility index (Phi) is 39.1. The highest BCUT2D eigenvalue weighted by molar-refractivity contribution is 5.76. The molecule has 5 heteroatoms. The van der Waals surface area contributed by atoms with E-state index in [1.165, 1.54) is 180 Å². The van der Waals surface area contributed by atoms with Crippen molar-refractivity contribution in [2.75, 3.05) is 26.2 Å². The molecule has 273 valence electrons. The quantitative estimate of drug-likeness (QED) is 0.0580. The van der Waals surface area contributed by atoms with Crippen molar-refractivity contribution in [3.63, 3.8) is 0 Å². The lowest BCUT2D eigenvalue weighted by atomic mass is 10.0. The Hall–Kier alpha value is -1.10. The highest BCUT2D eigenvalue weighted by atomic mass is 16.2. The number of carbonyl (C=O) groups is 2. The molecule has 0 rings (SSSR count). The van der Waals surface area contributed by atoms with Crippen molar-refractivity contribution < 1.29 is 14.9 Å². The van der Waals surface area contributed by atoms with Gasteiger partial charge in [0.15, 0.2) is 0 Å². The molecule has 0 aromatic heterocycles. The summed E-state index contributed by atoms with van der Waals surface area (Å²) in [6.45, 7) is 7.64. The molecule has 5 nitrogen and oxygen atoms in total. The Morgan fingerprint density at radius 1 is 0.348 bits per heavy atom. The number of carbonyl (C=O) groups excluding carboxylic acids is 2. The number of rotatable bonds is 39. The normalized spacial score (nSPS) is 11.3. The van der Waals surface area contributed by atoms with E-state index < -0.39 is 0 Å². The lowest BCUT2D eigenvalue weighted by Gasteiger charge is -2.05. The first kappa shape index (κ1) is 44.9. The topological polar surface area (TPSA) is 73.8 Å². The van der Waals surface area contributed by atoms with Crippen molar-refractivity contribution in [3.8, 4) is 0 Å². The van der Waals surface area contributed by atoms with Crippen molar-refractivity contribution in [2.24, 2.45) is 0 Å². The van der Waals surface area contributed by atoms with Gasteiger partial charge in [0.05, 0.1) is 6.54 Å². The Balaban J connectivity index is 3.24. The third-order valence-electron chi connectivity index (χ3n) is 9.49. The maximum absolute atomic E-state index is 12.1. The van der Waals surface area contributed by atoms with E-state index in [2.05, 4.69) is 29.8 Å². The van der Waals surface area contributed by atoms with Gasteiger partial charge in [0.1, 0.15) is 13.1 Å². The molecule has 3 N–H and O–H groups in total. The van der Waals surface area contributed by atoms with E-state index in [0.717, 1.165) is 38.9 Å². The van der Waals surface area contributed by atoms with Crippen molar-refractivity contribution >= 4 is 11.8 Å². The van der Waals surface area contributed by atoms with Crippen LogP contribution in [0.15, 0.2) is 0 Å². The molecule has 46 heavy (non-hydrogen) atoms. The Bertz CT molecular complexity index is 561. The first-order valence-corrected chi connectivity index (χ1v) is 20.9. The Morgan fingerprint density at radius 2 is 0.630 bits per heavy atom. The number of unbranched alkanes of at least 4 members (excludes halogenated alkanes) is 28. The summed E-state index contributed by atoms with van der Waals surface area (Å²) in [4.78, 5) is 24.1. The fraction of sp³-hybridized carbons (Fsp3) is 0.951. The maximum atomic E-state index is 12.1. The zero-order valence-electron chi connectivity index (χ0n) is 31.5. The third kappa shape index (κ3) is 39.1. The van der Waals surface area contributed by atoms with Crippen LogP contribution in [-0.4, -0.2) is 38.0 Å². The van der Waals surface area contributed by atoms with Gasteiger partial charge in [-0.3, -0.25) is 9.59 Å². The van der Waals surface area contributed by atoms with Gasteiger partial charge in [0, 0.05) is 25.8 Å². The summed E-state index contributed by atoms with van der Waals surface area (Å²) >= 11 is 0. The van der Waals surface area contributed by atoms with E-state index in [4.69, 9.17) is 0 Å². The highest BCUT2D eigenvalue weighted by Crippen LogP contribution is 2.15. The molecular weight excluding hydrogens is 566 g/mol. The van der Waals surface area contributed by atoms with E-state index in [0.29, 0.717) is 19.4 Å². The lowest BCUT2D eigenvalue weighted by molar-refractivity contribution is -0.652. The second-order valence-electron chi connectivity index (χ2n) is 14.2. The monoisotopic (exact) mass is 650 g/mol. The first-order valence-electron chi connectivity index (χ1n) is 20.9. The molecule has 0 aromatic carbocycles.